The molecule has 0 spiro atoms. The van der Waals surface area contributed by atoms with Gasteiger partial charge >= 0.3 is 0 Å². The molecule has 1 saturated heterocycles. The lowest BCUT2D eigenvalue weighted by Crippen LogP contribution is -2.36. The summed E-state index contributed by atoms with van der Waals surface area (Å²) in [7, 11) is 0. The molecule has 13 heavy (non-hydrogen) atoms. The minimum Gasteiger partial charge on any atom is -0.381 e. The Kier molecular flexibility index (Phi) is 2.21. The van der Waals surface area contributed by atoms with Crippen LogP contribution in [-0.4, -0.2) is 28.0 Å². The zero-order valence-corrected chi connectivity index (χ0v) is 8.43. The molecule has 1 N–H and O–H groups in total. The topological polar surface area (TPSA) is 42.8 Å². The largest absolute Gasteiger partial charge is 0.381 e. The molecule has 0 amide bonds. The predicted octanol–water partition coefficient (Wildman–Crippen LogP) is 1.47. The maximum atomic E-state index is 5.32. The molecule has 0 saturated carbocycles. The van der Waals surface area contributed by atoms with Crippen molar-refractivity contribution in [3.05, 3.63) is 11.1 Å². The molecule has 0 bridgehead atoms. The third-order valence-electron chi connectivity index (χ3n) is 2.70. The lowest BCUT2D eigenvalue weighted by Gasteiger charge is -2.34. The van der Waals surface area contributed by atoms with Crippen molar-refractivity contribution < 1.29 is 4.74 Å². The van der Waals surface area contributed by atoms with Gasteiger partial charge in [-0.2, -0.15) is 5.10 Å². The first-order valence-corrected chi connectivity index (χ1v) is 4.83. The summed E-state index contributed by atoms with van der Waals surface area (Å²) in [6, 6.07) is 0. The molecule has 0 aliphatic carbocycles. The molecule has 0 unspecified atom stereocenters. The van der Waals surface area contributed by atoms with Crippen LogP contribution in [0, 0.1) is 4.77 Å². The van der Waals surface area contributed by atoms with Gasteiger partial charge in [-0.15, -0.1) is 0 Å². The van der Waals surface area contributed by atoms with Crippen LogP contribution in [0.4, 0.5) is 0 Å². The maximum Gasteiger partial charge on any atom is 0.195 e. The van der Waals surface area contributed by atoms with E-state index < -0.39 is 0 Å². The Morgan fingerprint density at radius 2 is 2.31 bits per heavy atom. The molecular formula is C8H13N3OS. The van der Waals surface area contributed by atoms with Gasteiger partial charge in [-0.25, -0.2) is 0 Å². The highest BCUT2D eigenvalue weighted by atomic mass is 32.1. The third kappa shape index (κ3) is 1.53. The van der Waals surface area contributed by atoms with Gasteiger partial charge in [0.1, 0.15) is 6.33 Å². The Labute approximate surface area is 81.9 Å². The summed E-state index contributed by atoms with van der Waals surface area (Å²) in [4.78, 5) is 0. The van der Waals surface area contributed by atoms with Crippen LogP contribution in [0.2, 0.25) is 0 Å². The average Bonchev–Trinajstić information content (AvgIpc) is 2.53. The molecule has 2 rings (SSSR count). The molecule has 1 aliphatic rings. The first kappa shape index (κ1) is 8.90. The number of aromatic nitrogens is 3. The summed E-state index contributed by atoms with van der Waals surface area (Å²) in [5.74, 6) is 0. The summed E-state index contributed by atoms with van der Waals surface area (Å²) < 4.78 is 8.06. The highest BCUT2D eigenvalue weighted by molar-refractivity contribution is 7.71. The van der Waals surface area contributed by atoms with Crippen molar-refractivity contribution in [1.29, 1.82) is 0 Å². The van der Waals surface area contributed by atoms with E-state index in [-0.39, 0.29) is 5.54 Å². The number of H-pyrrole nitrogens is 1. The number of nitrogens with zero attached hydrogens (tertiary/aromatic N) is 2. The van der Waals surface area contributed by atoms with Gasteiger partial charge < -0.3 is 9.30 Å². The average molecular weight is 199 g/mol. The highest BCUT2D eigenvalue weighted by Gasteiger charge is 2.29. The summed E-state index contributed by atoms with van der Waals surface area (Å²) >= 11 is 5.14. The first-order chi connectivity index (χ1) is 6.22. The number of aromatic amines is 1. The number of ether oxygens (including phenoxy) is 1. The van der Waals surface area contributed by atoms with Crippen molar-refractivity contribution in [2.45, 2.75) is 25.3 Å². The van der Waals surface area contributed by atoms with Crippen molar-refractivity contribution in [3.63, 3.8) is 0 Å². The van der Waals surface area contributed by atoms with Gasteiger partial charge in [0.15, 0.2) is 4.77 Å². The molecular weight excluding hydrogens is 186 g/mol. The highest BCUT2D eigenvalue weighted by Crippen LogP contribution is 2.28. The van der Waals surface area contributed by atoms with Gasteiger partial charge in [-0.3, -0.25) is 5.10 Å². The molecule has 2 heterocycles. The van der Waals surface area contributed by atoms with Crippen LogP contribution >= 0.6 is 12.2 Å². The van der Waals surface area contributed by atoms with E-state index in [1.165, 1.54) is 0 Å². The van der Waals surface area contributed by atoms with Gasteiger partial charge in [0.25, 0.3) is 0 Å². The molecule has 5 heteroatoms. The van der Waals surface area contributed by atoms with Crippen molar-refractivity contribution in [2.24, 2.45) is 0 Å². The fourth-order valence-corrected chi connectivity index (χ4v) is 2.00. The standard InChI is InChI=1S/C8H13N3OS/c1-8(2-4-12-5-3-8)11-6-9-10-7(11)13/h6H,2-5H2,1H3,(H,10,13). The Bertz CT molecular complexity index is 337. The van der Waals surface area contributed by atoms with Crippen LogP contribution in [0.25, 0.3) is 0 Å². The molecule has 0 radical (unpaired) electrons. The van der Waals surface area contributed by atoms with E-state index in [4.69, 9.17) is 17.0 Å². The van der Waals surface area contributed by atoms with Crippen molar-refractivity contribution in [2.75, 3.05) is 13.2 Å². The molecule has 1 fully saturated rings. The predicted molar refractivity (Wildman–Crippen MR) is 51.1 cm³/mol. The van der Waals surface area contributed by atoms with Gasteiger partial charge in [0.05, 0.1) is 0 Å². The summed E-state index contributed by atoms with van der Waals surface area (Å²) in [6.45, 7) is 3.81. The van der Waals surface area contributed by atoms with Crippen LogP contribution < -0.4 is 0 Å². The lowest BCUT2D eigenvalue weighted by molar-refractivity contribution is 0.0287. The van der Waals surface area contributed by atoms with E-state index >= 15 is 0 Å². The van der Waals surface area contributed by atoms with Crippen molar-refractivity contribution >= 4 is 12.2 Å². The number of hydrogen-bond donors (Lipinski definition) is 1. The minimum atomic E-state index is 0.0856. The van der Waals surface area contributed by atoms with Crippen LogP contribution in [0.1, 0.15) is 19.8 Å². The van der Waals surface area contributed by atoms with Gasteiger partial charge in [-0.1, -0.05) is 0 Å². The van der Waals surface area contributed by atoms with Crippen molar-refractivity contribution in [1.82, 2.24) is 14.8 Å². The van der Waals surface area contributed by atoms with E-state index in [0.29, 0.717) is 4.77 Å². The molecule has 0 aromatic carbocycles. The summed E-state index contributed by atoms with van der Waals surface area (Å²) in [6.07, 6.45) is 3.77. The van der Waals surface area contributed by atoms with E-state index in [1.807, 2.05) is 4.57 Å². The second kappa shape index (κ2) is 3.23. The van der Waals surface area contributed by atoms with Crippen molar-refractivity contribution in [3.8, 4) is 0 Å². The smallest absolute Gasteiger partial charge is 0.195 e. The van der Waals surface area contributed by atoms with E-state index in [9.17, 15) is 0 Å². The van der Waals surface area contributed by atoms with E-state index in [0.717, 1.165) is 26.1 Å². The third-order valence-corrected chi connectivity index (χ3v) is 2.99. The van der Waals surface area contributed by atoms with Crippen LogP contribution in [-0.2, 0) is 10.3 Å². The fourth-order valence-electron chi connectivity index (χ4n) is 1.68. The van der Waals surface area contributed by atoms with Crippen LogP contribution in [0.5, 0.6) is 0 Å². The Balaban J connectivity index is 2.33. The summed E-state index contributed by atoms with van der Waals surface area (Å²) in [5, 5.41) is 6.71. The zero-order chi connectivity index (χ0) is 9.31. The maximum absolute atomic E-state index is 5.32. The SMILES string of the molecule is CC1(n2cn[nH]c2=S)CCOCC1. The molecule has 4 nitrogen and oxygen atoms in total. The zero-order valence-electron chi connectivity index (χ0n) is 7.62. The monoisotopic (exact) mass is 199 g/mol. The molecule has 1 aromatic heterocycles. The second-order valence-corrected chi connectivity index (χ2v) is 4.03. The van der Waals surface area contributed by atoms with Crippen LogP contribution in [0.15, 0.2) is 6.33 Å². The molecule has 0 atom stereocenters. The van der Waals surface area contributed by atoms with Gasteiger partial charge in [0, 0.05) is 18.8 Å². The molecule has 72 valence electrons. The van der Waals surface area contributed by atoms with Gasteiger partial charge in [-0.05, 0) is 32.0 Å². The minimum absolute atomic E-state index is 0.0856. The Morgan fingerprint density at radius 1 is 1.62 bits per heavy atom. The quantitative estimate of drug-likeness (QED) is 0.696. The van der Waals surface area contributed by atoms with E-state index in [2.05, 4.69) is 17.1 Å². The normalized spacial score (nSPS) is 21.6. The van der Waals surface area contributed by atoms with Crippen LogP contribution in [0.3, 0.4) is 0 Å². The lowest BCUT2D eigenvalue weighted by atomic mass is 9.92. The van der Waals surface area contributed by atoms with Gasteiger partial charge in [0.2, 0.25) is 0 Å². The second-order valence-electron chi connectivity index (χ2n) is 3.64. The number of hydrogen-bond acceptors (Lipinski definition) is 3. The van der Waals surface area contributed by atoms with E-state index in [1.54, 1.807) is 6.33 Å². The summed E-state index contributed by atoms with van der Waals surface area (Å²) in [5.41, 5.74) is 0.0856. The molecule has 1 aromatic rings. The number of nitrogens with one attached hydrogen (secondary N) is 1. The number of rotatable bonds is 1. The Morgan fingerprint density at radius 3 is 2.85 bits per heavy atom. The Hall–Kier alpha value is -0.680. The first-order valence-electron chi connectivity index (χ1n) is 4.43. The molecule has 1 aliphatic heterocycles. The fraction of sp³-hybridized carbons (Fsp3) is 0.750.